The molecule has 114 valence electrons. The van der Waals surface area contributed by atoms with Crippen LogP contribution in [0.1, 0.15) is 10.4 Å². The predicted molar refractivity (Wildman–Crippen MR) is 76.6 cm³/mol. The molecule has 21 heavy (non-hydrogen) atoms. The minimum Gasteiger partial charge on any atom is -0.364 e. The summed E-state index contributed by atoms with van der Waals surface area (Å²) in [5.74, 6) is -0.339. The van der Waals surface area contributed by atoms with Gasteiger partial charge in [-0.25, -0.2) is 9.18 Å². The maximum Gasteiger partial charge on any atom is 0.357 e. The molecule has 0 atom stereocenters. The topological polar surface area (TPSA) is 44.8 Å². The highest BCUT2D eigenvalue weighted by atomic mass is 19.1. The molecule has 0 spiro atoms. The minimum atomic E-state index is -1.08. The van der Waals surface area contributed by atoms with Gasteiger partial charge in [0.05, 0.1) is 5.56 Å². The number of piperazine rings is 1. The van der Waals surface area contributed by atoms with Gasteiger partial charge in [0.2, 0.25) is 0 Å². The van der Waals surface area contributed by atoms with E-state index >= 15 is 0 Å². The number of hydrogen-bond acceptors (Lipinski definition) is 5. The summed E-state index contributed by atoms with van der Waals surface area (Å²) >= 11 is 0. The zero-order chi connectivity index (χ0) is 14.7. The number of alkyl halides is 1. The average molecular weight is 293 g/mol. The lowest BCUT2D eigenvalue weighted by Gasteiger charge is -2.41. The van der Waals surface area contributed by atoms with Crippen LogP contribution >= 0.6 is 0 Å². The Labute approximate surface area is 123 Å². The lowest BCUT2D eigenvalue weighted by Crippen LogP contribution is -2.63. The second kappa shape index (κ2) is 6.09. The molecular weight excluding hydrogens is 273 g/mol. The fraction of sp³-hybridized carbons (Fsp3) is 0.533. The summed E-state index contributed by atoms with van der Waals surface area (Å²) in [6.07, 6.45) is 0. The van der Waals surface area contributed by atoms with E-state index in [1.807, 2.05) is 18.2 Å². The van der Waals surface area contributed by atoms with Crippen LogP contribution in [0.25, 0.3) is 0 Å². The Morgan fingerprint density at radius 3 is 2.43 bits per heavy atom. The van der Waals surface area contributed by atoms with Crippen molar-refractivity contribution in [2.75, 3.05) is 45.8 Å². The maximum atomic E-state index is 14.0. The van der Waals surface area contributed by atoms with Crippen LogP contribution in [-0.4, -0.2) is 67.4 Å². The number of halogens is 1. The smallest absolute Gasteiger partial charge is 0.357 e. The molecule has 3 rings (SSSR count). The van der Waals surface area contributed by atoms with Gasteiger partial charge in [0, 0.05) is 45.8 Å². The number of carbonyl (C=O) groups is 1. The molecular formula is C15H20FN3O2. The Balaban J connectivity index is 1.44. The highest BCUT2D eigenvalue weighted by Crippen LogP contribution is 2.19. The molecule has 0 aromatic heterocycles. The third kappa shape index (κ3) is 3.58. The Morgan fingerprint density at radius 1 is 1.19 bits per heavy atom. The Hall–Kier alpha value is -1.50. The number of rotatable bonds is 4. The first-order valence-electron chi connectivity index (χ1n) is 7.29. The van der Waals surface area contributed by atoms with Gasteiger partial charge in [-0.05, 0) is 12.1 Å². The second-order valence-corrected chi connectivity index (χ2v) is 5.70. The average Bonchev–Trinajstić information content (AvgIpc) is 2.48. The Bertz CT molecular complexity index is 485. The monoisotopic (exact) mass is 293 g/mol. The first-order valence-corrected chi connectivity index (χ1v) is 7.29. The van der Waals surface area contributed by atoms with E-state index in [1.54, 1.807) is 17.2 Å². The summed E-state index contributed by atoms with van der Waals surface area (Å²) in [5.41, 5.74) is -0.536. The largest absolute Gasteiger partial charge is 0.364 e. The summed E-state index contributed by atoms with van der Waals surface area (Å²) in [5, 5.41) is 4.63. The lowest BCUT2D eigenvalue weighted by molar-refractivity contribution is -0.134. The van der Waals surface area contributed by atoms with Gasteiger partial charge in [-0.2, -0.15) is 0 Å². The van der Waals surface area contributed by atoms with Gasteiger partial charge >= 0.3 is 5.97 Å². The van der Waals surface area contributed by atoms with E-state index in [9.17, 15) is 9.18 Å². The van der Waals surface area contributed by atoms with Crippen LogP contribution in [-0.2, 0) is 4.84 Å². The summed E-state index contributed by atoms with van der Waals surface area (Å²) in [6.45, 7) is 4.00. The molecule has 0 radical (unpaired) electrons. The van der Waals surface area contributed by atoms with E-state index in [-0.39, 0.29) is 5.97 Å². The van der Waals surface area contributed by atoms with Crippen molar-refractivity contribution in [1.82, 2.24) is 15.3 Å². The van der Waals surface area contributed by atoms with Crippen LogP contribution in [0.4, 0.5) is 4.39 Å². The Morgan fingerprint density at radius 2 is 1.86 bits per heavy atom. The molecule has 0 unspecified atom stereocenters. The van der Waals surface area contributed by atoms with Crippen molar-refractivity contribution >= 4 is 5.97 Å². The van der Waals surface area contributed by atoms with E-state index in [0.29, 0.717) is 51.4 Å². The molecule has 5 nitrogen and oxygen atoms in total. The third-order valence-corrected chi connectivity index (χ3v) is 3.94. The molecule has 0 aliphatic carbocycles. The zero-order valence-electron chi connectivity index (χ0n) is 11.9. The number of benzene rings is 1. The summed E-state index contributed by atoms with van der Waals surface area (Å²) in [6, 6.07) is 8.94. The molecule has 0 saturated carbocycles. The molecule has 1 aromatic carbocycles. The number of hydrogen-bond donors (Lipinski definition) is 1. The van der Waals surface area contributed by atoms with Crippen molar-refractivity contribution < 1.29 is 14.0 Å². The van der Waals surface area contributed by atoms with Crippen LogP contribution in [0.2, 0.25) is 0 Å². The van der Waals surface area contributed by atoms with Crippen molar-refractivity contribution in [2.45, 2.75) is 5.67 Å². The van der Waals surface area contributed by atoms with E-state index in [0.717, 1.165) is 0 Å². The van der Waals surface area contributed by atoms with Gasteiger partial charge < -0.3 is 10.2 Å². The molecule has 2 aliphatic rings. The first kappa shape index (κ1) is 14.4. The number of hydroxylamine groups is 2. The molecule has 2 aliphatic heterocycles. The van der Waals surface area contributed by atoms with Gasteiger partial charge in [0.15, 0.2) is 0 Å². The highest BCUT2D eigenvalue weighted by molar-refractivity contribution is 5.89. The van der Waals surface area contributed by atoms with Crippen LogP contribution in [0.5, 0.6) is 0 Å². The standard InChI is InChI=1S/C15H20FN3O2/c16-15(10-17-11-15)12-18-6-8-19(9-7-18)21-14(20)13-4-2-1-3-5-13/h1-5,17H,6-12H2. The normalized spacial score (nSPS) is 22.5. The molecule has 0 bridgehead atoms. The van der Waals surface area contributed by atoms with E-state index in [1.165, 1.54) is 0 Å². The molecule has 1 N–H and O–H groups in total. The summed E-state index contributed by atoms with van der Waals surface area (Å²) in [4.78, 5) is 19.4. The van der Waals surface area contributed by atoms with E-state index in [4.69, 9.17) is 4.84 Å². The van der Waals surface area contributed by atoms with Crippen LogP contribution in [0.3, 0.4) is 0 Å². The fourth-order valence-corrected chi connectivity index (χ4v) is 2.63. The lowest BCUT2D eigenvalue weighted by atomic mass is 9.98. The number of carbonyl (C=O) groups excluding carboxylic acids is 1. The summed E-state index contributed by atoms with van der Waals surface area (Å²) < 4.78 is 14.0. The molecule has 1 aromatic rings. The van der Waals surface area contributed by atoms with Crippen molar-refractivity contribution in [2.24, 2.45) is 0 Å². The van der Waals surface area contributed by atoms with Crippen molar-refractivity contribution in [3.63, 3.8) is 0 Å². The van der Waals surface area contributed by atoms with Gasteiger partial charge in [0.1, 0.15) is 5.67 Å². The van der Waals surface area contributed by atoms with Crippen molar-refractivity contribution in [3.05, 3.63) is 35.9 Å². The highest BCUT2D eigenvalue weighted by Gasteiger charge is 2.39. The molecule has 2 heterocycles. The predicted octanol–water partition coefficient (Wildman–Crippen LogP) is 0.688. The zero-order valence-corrected chi connectivity index (χ0v) is 11.9. The SMILES string of the molecule is O=C(ON1CCN(CC2(F)CNC2)CC1)c1ccccc1. The van der Waals surface area contributed by atoms with Crippen molar-refractivity contribution in [3.8, 4) is 0 Å². The van der Waals surface area contributed by atoms with Gasteiger partial charge in [-0.15, -0.1) is 5.06 Å². The van der Waals surface area contributed by atoms with Gasteiger partial charge in [-0.3, -0.25) is 4.90 Å². The minimum absolute atomic E-state index is 0.339. The number of nitrogens with one attached hydrogen (secondary N) is 1. The molecule has 2 saturated heterocycles. The number of nitrogens with zero attached hydrogens (tertiary/aromatic N) is 2. The molecule has 0 amide bonds. The van der Waals surface area contributed by atoms with Gasteiger partial charge in [0.25, 0.3) is 0 Å². The van der Waals surface area contributed by atoms with E-state index in [2.05, 4.69) is 10.2 Å². The Kier molecular flexibility index (Phi) is 4.19. The first-order chi connectivity index (χ1) is 10.1. The second-order valence-electron chi connectivity index (χ2n) is 5.70. The van der Waals surface area contributed by atoms with Crippen LogP contribution in [0, 0.1) is 0 Å². The quantitative estimate of drug-likeness (QED) is 0.885. The van der Waals surface area contributed by atoms with Crippen LogP contribution < -0.4 is 5.32 Å². The maximum absolute atomic E-state index is 14.0. The third-order valence-electron chi connectivity index (χ3n) is 3.94. The van der Waals surface area contributed by atoms with E-state index < -0.39 is 5.67 Å². The van der Waals surface area contributed by atoms with Gasteiger partial charge in [-0.1, -0.05) is 18.2 Å². The fourth-order valence-electron chi connectivity index (χ4n) is 2.63. The van der Waals surface area contributed by atoms with Crippen molar-refractivity contribution in [1.29, 1.82) is 0 Å². The van der Waals surface area contributed by atoms with Crippen LogP contribution in [0.15, 0.2) is 30.3 Å². The molecule has 2 fully saturated rings. The molecule has 6 heteroatoms. The summed E-state index contributed by atoms with van der Waals surface area (Å²) in [7, 11) is 0.